The molecule has 212 valence electrons. The first-order chi connectivity index (χ1) is 18.2. The number of fused-ring (bicyclic) bond motifs is 1. The van der Waals surface area contributed by atoms with Crippen molar-refractivity contribution < 1.29 is 33.6 Å². The van der Waals surface area contributed by atoms with E-state index in [-0.39, 0.29) is 31.2 Å². The number of hydrogen-bond acceptors (Lipinski definition) is 8. The summed E-state index contributed by atoms with van der Waals surface area (Å²) >= 11 is 0. The summed E-state index contributed by atoms with van der Waals surface area (Å²) in [5.41, 5.74) is 6.17. The number of rotatable bonds is 13. The molecule has 3 aliphatic heterocycles. The number of likely N-dealkylation sites (tertiary alicyclic amines) is 1. The normalized spacial score (nSPS) is 23.7. The summed E-state index contributed by atoms with van der Waals surface area (Å²) in [6, 6.07) is 5.26. The van der Waals surface area contributed by atoms with Gasteiger partial charge in [0.15, 0.2) is 17.8 Å². The summed E-state index contributed by atoms with van der Waals surface area (Å²) < 4.78 is 22.7. The molecule has 1 unspecified atom stereocenters. The van der Waals surface area contributed by atoms with Crippen LogP contribution in [0.3, 0.4) is 0 Å². The van der Waals surface area contributed by atoms with Crippen molar-refractivity contribution >= 4 is 11.9 Å². The number of aliphatic carboxylic acids is 1. The van der Waals surface area contributed by atoms with E-state index in [9.17, 15) is 14.7 Å². The highest BCUT2D eigenvalue weighted by molar-refractivity contribution is 5.79. The Labute approximate surface area is 225 Å². The molecule has 1 aromatic carbocycles. The quantitative estimate of drug-likeness (QED) is 0.394. The lowest BCUT2D eigenvalue weighted by Crippen LogP contribution is -2.47. The summed E-state index contributed by atoms with van der Waals surface area (Å²) in [7, 11) is 0. The maximum atomic E-state index is 13.6. The lowest BCUT2D eigenvalue weighted by molar-refractivity contribution is -0.148. The van der Waals surface area contributed by atoms with Crippen molar-refractivity contribution in [3.63, 3.8) is 0 Å². The van der Waals surface area contributed by atoms with Crippen molar-refractivity contribution in [3.05, 3.63) is 23.8 Å². The van der Waals surface area contributed by atoms with Gasteiger partial charge in [0.1, 0.15) is 0 Å². The SMILES string of the molecule is CCCCN(CCCN)C(=O)CN1C[C@H](c2ccc3c(c2)OCO3)C(C(=O)O)[C@@H]1CC(C)(C)C1OCCO1. The van der Waals surface area contributed by atoms with E-state index in [4.69, 9.17) is 24.7 Å². The second kappa shape index (κ2) is 12.6. The van der Waals surface area contributed by atoms with E-state index in [0.29, 0.717) is 57.3 Å². The average molecular weight is 534 g/mol. The van der Waals surface area contributed by atoms with Gasteiger partial charge in [-0.25, -0.2) is 0 Å². The van der Waals surface area contributed by atoms with Gasteiger partial charge in [0.05, 0.1) is 25.7 Å². The third kappa shape index (κ3) is 6.42. The van der Waals surface area contributed by atoms with Gasteiger partial charge in [-0.2, -0.15) is 0 Å². The lowest BCUT2D eigenvalue weighted by atomic mass is 9.77. The number of nitrogens with two attached hydrogens (primary N) is 1. The van der Waals surface area contributed by atoms with Crippen LogP contribution in [0.25, 0.3) is 0 Å². The molecule has 0 spiro atoms. The number of unbranched alkanes of at least 4 members (excludes halogenated alkanes) is 1. The van der Waals surface area contributed by atoms with E-state index in [1.165, 1.54) is 0 Å². The number of carbonyl (C=O) groups excluding carboxylic acids is 1. The summed E-state index contributed by atoms with van der Waals surface area (Å²) in [6.07, 6.45) is 2.74. The van der Waals surface area contributed by atoms with Crippen LogP contribution >= 0.6 is 0 Å². The third-order valence-electron chi connectivity index (χ3n) is 7.96. The summed E-state index contributed by atoms with van der Waals surface area (Å²) in [5.74, 6) is -0.601. The molecular weight excluding hydrogens is 490 g/mol. The lowest BCUT2D eigenvalue weighted by Gasteiger charge is -2.37. The predicted molar refractivity (Wildman–Crippen MR) is 141 cm³/mol. The standard InChI is InChI=1S/C28H43N3O7/c1-4-5-10-30(11-6-9-29)24(32)17-31-16-20(19-7-8-22-23(14-19)38-18-37-22)25(26(33)34)21(31)15-28(2,3)27-35-12-13-36-27/h7-8,14,20-21,25,27H,4-6,9-13,15-18,29H2,1-3H3,(H,33,34)/t20-,21+,25?/m1/s1. The Balaban J connectivity index is 1.62. The van der Waals surface area contributed by atoms with Crippen LogP contribution in [0.1, 0.15) is 57.9 Å². The van der Waals surface area contributed by atoms with Crippen LogP contribution in [-0.2, 0) is 19.1 Å². The van der Waals surface area contributed by atoms with Gasteiger partial charge in [0.25, 0.3) is 0 Å². The fourth-order valence-electron chi connectivity index (χ4n) is 5.94. The van der Waals surface area contributed by atoms with E-state index in [1.54, 1.807) is 0 Å². The Hall–Kier alpha value is -2.40. The van der Waals surface area contributed by atoms with Crippen LogP contribution in [-0.4, -0.2) is 91.8 Å². The number of benzene rings is 1. The van der Waals surface area contributed by atoms with E-state index in [0.717, 1.165) is 24.8 Å². The highest BCUT2D eigenvalue weighted by Gasteiger charge is 2.50. The molecule has 1 aromatic rings. The number of amides is 1. The molecule has 10 heteroatoms. The molecular formula is C28H43N3O7. The van der Waals surface area contributed by atoms with E-state index < -0.39 is 23.6 Å². The molecule has 0 aliphatic carbocycles. The monoisotopic (exact) mass is 533 g/mol. The molecule has 1 amide bonds. The summed E-state index contributed by atoms with van der Waals surface area (Å²) in [4.78, 5) is 30.3. The van der Waals surface area contributed by atoms with Crippen molar-refractivity contribution in [2.24, 2.45) is 17.1 Å². The second-order valence-electron chi connectivity index (χ2n) is 11.2. The minimum Gasteiger partial charge on any atom is -0.481 e. The van der Waals surface area contributed by atoms with Crippen molar-refractivity contribution in [2.75, 3.05) is 52.7 Å². The summed E-state index contributed by atoms with van der Waals surface area (Å²) in [6.45, 7) is 9.81. The zero-order valence-corrected chi connectivity index (χ0v) is 22.9. The van der Waals surface area contributed by atoms with Crippen LogP contribution in [0, 0.1) is 11.3 Å². The van der Waals surface area contributed by atoms with E-state index in [1.807, 2.05) is 36.9 Å². The molecule has 2 fully saturated rings. The fraction of sp³-hybridized carbons (Fsp3) is 0.714. The second-order valence-corrected chi connectivity index (χ2v) is 11.2. The Morgan fingerprint density at radius 1 is 1.13 bits per heavy atom. The first-order valence-corrected chi connectivity index (χ1v) is 13.8. The van der Waals surface area contributed by atoms with E-state index in [2.05, 4.69) is 11.8 Å². The zero-order valence-electron chi connectivity index (χ0n) is 22.9. The van der Waals surface area contributed by atoms with Crippen molar-refractivity contribution in [1.29, 1.82) is 0 Å². The van der Waals surface area contributed by atoms with Gasteiger partial charge in [-0.05, 0) is 43.5 Å². The topological polar surface area (TPSA) is 124 Å². The average Bonchev–Trinajstić information content (AvgIpc) is 3.64. The third-order valence-corrected chi connectivity index (χ3v) is 7.96. The predicted octanol–water partition coefficient (Wildman–Crippen LogP) is 2.65. The minimum atomic E-state index is -0.873. The first-order valence-electron chi connectivity index (χ1n) is 13.8. The van der Waals surface area contributed by atoms with Crippen LogP contribution in [0.15, 0.2) is 18.2 Å². The van der Waals surface area contributed by atoms with Crippen LogP contribution in [0.4, 0.5) is 0 Å². The number of carboxylic acids is 1. The molecule has 10 nitrogen and oxygen atoms in total. The van der Waals surface area contributed by atoms with Gasteiger partial charge < -0.3 is 34.7 Å². The Morgan fingerprint density at radius 2 is 1.84 bits per heavy atom. The molecule has 3 aliphatic rings. The molecule has 0 saturated carbocycles. The highest BCUT2D eigenvalue weighted by atomic mass is 16.7. The van der Waals surface area contributed by atoms with Crippen molar-refractivity contribution in [1.82, 2.24) is 9.80 Å². The number of carboxylic acid groups (broad SMARTS) is 1. The summed E-state index contributed by atoms with van der Waals surface area (Å²) in [5, 5.41) is 10.5. The first kappa shape index (κ1) is 28.6. The molecule has 0 bridgehead atoms. The largest absolute Gasteiger partial charge is 0.481 e. The van der Waals surface area contributed by atoms with E-state index >= 15 is 0 Å². The maximum Gasteiger partial charge on any atom is 0.308 e. The maximum absolute atomic E-state index is 13.6. The number of hydrogen-bond donors (Lipinski definition) is 2. The molecule has 3 N–H and O–H groups in total. The number of carbonyl (C=O) groups is 2. The van der Waals surface area contributed by atoms with Crippen LogP contribution < -0.4 is 15.2 Å². The molecule has 3 heterocycles. The highest BCUT2D eigenvalue weighted by Crippen LogP contribution is 2.46. The van der Waals surface area contributed by atoms with Crippen LogP contribution in [0.2, 0.25) is 0 Å². The van der Waals surface area contributed by atoms with Gasteiger partial charge in [-0.1, -0.05) is 33.3 Å². The zero-order chi connectivity index (χ0) is 27.3. The number of nitrogens with zero attached hydrogens (tertiary/aromatic N) is 2. The Kier molecular flexibility index (Phi) is 9.51. The van der Waals surface area contributed by atoms with Crippen molar-refractivity contribution in [3.8, 4) is 11.5 Å². The molecule has 38 heavy (non-hydrogen) atoms. The van der Waals surface area contributed by atoms with Crippen molar-refractivity contribution in [2.45, 2.75) is 64.7 Å². The van der Waals surface area contributed by atoms with Gasteiger partial charge in [0.2, 0.25) is 12.7 Å². The Morgan fingerprint density at radius 3 is 2.53 bits per heavy atom. The van der Waals surface area contributed by atoms with Crippen LogP contribution in [0.5, 0.6) is 11.5 Å². The van der Waals surface area contributed by atoms with Gasteiger partial charge in [0, 0.05) is 37.0 Å². The smallest absolute Gasteiger partial charge is 0.308 e. The van der Waals surface area contributed by atoms with Gasteiger partial charge in [-0.3, -0.25) is 14.5 Å². The van der Waals surface area contributed by atoms with Gasteiger partial charge >= 0.3 is 5.97 Å². The Bertz CT molecular complexity index is 958. The minimum absolute atomic E-state index is 0.0125. The fourth-order valence-corrected chi connectivity index (χ4v) is 5.94. The molecule has 0 aromatic heterocycles. The van der Waals surface area contributed by atoms with Gasteiger partial charge in [-0.15, -0.1) is 0 Å². The number of ether oxygens (including phenoxy) is 4. The molecule has 4 rings (SSSR count). The molecule has 0 radical (unpaired) electrons. The molecule has 3 atom stereocenters. The molecule has 2 saturated heterocycles.